The average molecular weight is 551 g/mol. The van der Waals surface area contributed by atoms with Crippen LogP contribution in [0.4, 0.5) is 0 Å². The minimum atomic E-state index is 0.333. The van der Waals surface area contributed by atoms with E-state index in [2.05, 4.69) is 54.7 Å². The lowest BCUT2D eigenvalue weighted by atomic mass is 9.77. The molecular weight excluding hydrogens is 496 g/mol. The van der Waals surface area contributed by atoms with Crippen LogP contribution < -0.4 is 42.5 Å². The molecule has 222 valence electrons. The second-order valence-electron chi connectivity index (χ2n) is 15.2. The van der Waals surface area contributed by atoms with Gasteiger partial charge < -0.3 is 0 Å². The molecule has 8 fully saturated rings. The van der Waals surface area contributed by atoms with E-state index in [-0.39, 0.29) is 0 Å². The first-order chi connectivity index (χ1) is 19.8. The van der Waals surface area contributed by atoms with Crippen LogP contribution in [0.1, 0.15) is 89.9 Å². The Labute approximate surface area is 241 Å². The highest BCUT2D eigenvalue weighted by molar-refractivity contribution is 5.12. The van der Waals surface area contributed by atoms with E-state index in [1.54, 1.807) is 0 Å². The molecule has 0 aromatic heterocycles. The Morgan fingerprint density at radius 2 is 0.625 bits per heavy atom. The van der Waals surface area contributed by atoms with Gasteiger partial charge in [-0.25, -0.2) is 0 Å². The van der Waals surface area contributed by atoms with Gasteiger partial charge in [0.15, 0.2) is 0 Å². The molecule has 0 aromatic rings. The third-order valence-corrected chi connectivity index (χ3v) is 13.4. The standard InChI is InChI=1S/C32H54N8/c1-2-10-18-17(9-1)25-33-26(18)38-28-21-13-5-6-14-22(21)30(35-28)40-32-24-16-8-7-15-23(24)31(36-32)39-29-20-12-4-3-11-19(20)27(34-29)37-25/h1,9,17-40H,2-8,10-16H2. The van der Waals surface area contributed by atoms with Crippen LogP contribution in [0.3, 0.4) is 0 Å². The van der Waals surface area contributed by atoms with Crippen molar-refractivity contribution < 1.29 is 0 Å². The van der Waals surface area contributed by atoms with Gasteiger partial charge in [0, 0.05) is 5.92 Å². The average Bonchev–Trinajstić information content (AvgIpc) is 3.73. The van der Waals surface area contributed by atoms with Gasteiger partial charge in [0.1, 0.15) is 0 Å². The largest absolute Gasteiger partial charge is 0.286 e. The van der Waals surface area contributed by atoms with Gasteiger partial charge in [-0.1, -0.05) is 50.7 Å². The predicted octanol–water partition coefficient (Wildman–Crippen LogP) is 2.38. The minimum Gasteiger partial charge on any atom is -0.286 e. The lowest BCUT2D eigenvalue weighted by molar-refractivity contribution is 0.173. The number of fused-ring (bicyclic) bond motifs is 20. The highest BCUT2D eigenvalue weighted by Gasteiger charge is 2.53. The summed E-state index contributed by atoms with van der Waals surface area (Å²) in [6, 6.07) is 0. The summed E-state index contributed by atoms with van der Waals surface area (Å²) < 4.78 is 0. The highest BCUT2D eigenvalue weighted by atomic mass is 15.4. The monoisotopic (exact) mass is 550 g/mol. The molecule has 9 aliphatic rings. The predicted molar refractivity (Wildman–Crippen MR) is 157 cm³/mol. The normalized spacial score (nSPS) is 57.2. The number of allylic oxidation sites excluding steroid dienone is 1. The van der Waals surface area contributed by atoms with E-state index in [4.69, 9.17) is 0 Å². The molecule has 16 unspecified atom stereocenters. The maximum absolute atomic E-state index is 4.25. The van der Waals surface area contributed by atoms with Crippen molar-refractivity contribution in [3.8, 4) is 0 Å². The molecule has 16 atom stereocenters. The zero-order valence-corrected chi connectivity index (χ0v) is 24.3. The van der Waals surface area contributed by atoms with Crippen LogP contribution in [-0.2, 0) is 0 Å². The van der Waals surface area contributed by atoms with E-state index in [1.807, 2.05) is 0 Å². The summed E-state index contributed by atoms with van der Waals surface area (Å²) in [4.78, 5) is 0. The molecule has 8 bridgehead atoms. The van der Waals surface area contributed by atoms with Crippen molar-refractivity contribution in [3.63, 3.8) is 0 Å². The first-order valence-electron chi connectivity index (χ1n) is 17.6. The summed E-state index contributed by atoms with van der Waals surface area (Å²) in [6.45, 7) is 0. The molecule has 5 aliphatic heterocycles. The van der Waals surface area contributed by atoms with Gasteiger partial charge in [0.25, 0.3) is 0 Å². The lowest BCUT2D eigenvalue weighted by Crippen LogP contribution is -2.61. The molecule has 4 aliphatic carbocycles. The fourth-order valence-corrected chi connectivity index (χ4v) is 11.6. The molecule has 0 amide bonds. The van der Waals surface area contributed by atoms with Gasteiger partial charge in [-0.2, -0.15) is 0 Å². The number of hydrogen-bond acceptors (Lipinski definition) is 8. The van der Waals surface area contributed by atoms with Crippen LogP contribution in [0.2, 0.25) is 0 Å². The summed E-state index contributed by atoms with van der Waals surface area (Å²) in [5, 5.41) is 33.6. The Balaban J connectivity index is 1.06. The quantitative estimate of drug-likeness (QED) is 0.218. The van der Waals surface area contributed by atoms with E-state index in [0.29, 0.717) is 61.2 Å². The van der Waals surface area contributed by atoms with Gasteiger partial charge in [-0.3, -0.25) is 42.5 Å². The van der Waals surface area contributed by atoms with Gasteiger partial charge in [0.05, 0.1) is 49.3 Å². The molecule has 8 N–H and O–H groups in total. The molecule has 0 spiro atoms. The highest BCUT2D eigenvalue weighted by Crippen LogP contribution is 2.44. The van der Waals surface area contributed by atoms with Crippen LogP contribution in [0.25, 0.3) is 0 Å². The summed E-state index contributed by atoms with van der Waals surface area (Å²) >= 11 is 0. The van der Waals surface area contributed by atoms with Crippen molar-refractivity contribution in [2.75, 3.05) is 0 Å². The Morgan fingerprint density at radius 3 is 0.975 bits per heavy atom. The molecule has 40 heavy (non-hydrogen) atoms. The summed E-state index contributed by atoms with van der Waals surface area (Å²) in [7, 11) is 0. The number of rotatable bonds is 0. The van der Waals surface area contributed by atoms with E-state index < -0.39 is 0 Å². The topological polar surface area (TPSA) is 96.2 Å². The Kier molecular flexibility index (Phi) is 6.82. The summed E-state index contributed by atoms with van der Waals surface area (Å²) in [5.74, 6) is 5.61. The van der Waals surface area contributed by atoms with Crippen molar-refractivity contribution in [1.29, 1.82) is 0 Å². The molecule has 3 saturated carbocycles. The molecule has 9 rings (SSSR count). The molecular formula is C32H54N8. The van der Waals surface area contributed by atoms with Crippen molar-refractivity contribution in [2.24, 2.45) is 47.3 Å². The van der Waals surface area contributed by atoms with E-state index in [9.17, 15) is 0 Å². The second-order valence-corrected chi connectivity index (χ2v) is 15.2. The Hall–Kier alpha value is -0.580. The third kappa shape index (κ3) is 4.30. The fourth-order valence-electron chi connectivity index (χ4n) is 11.6. The molecule has 5 saturated heterocycles. The van der Waals surface area contributed by atoms with Gasteiger partial charge in [-0.05, 0) is 92.8 Å². The van der Waals surface area contributed by atoms with Crippen LogP contribution in [0, 0.1) is 47.3 Å². The smallest absolute Gasteiger partial charge is 0.0664 e. The number of nitrogens with one attached hydrogen (secondary N) is 8. The second kappa shape index (κ2) is 10.5. The Morgan fingerprint density at radius 1 is 0.325 bits per heavy atom. The lowest BCUT2D eigenvalue weighted by Gasteiger charge is -2.35. The van der Waals surface area contributed by atoms with Crippen molar-refractivity contribution in [3.05, 3.63) is 12.2 Å². The number of hydrogen-bond donors (Lipinski definition) is 8. The maximum Gasteiger partial charge on any atom is 0.0664 e. The first kappa shape index (κ1) is 25.9. The molecule has 0 radical (unpaired) electrons. The molecule has 5 heterocycles. The van der Waals surface area contributed by atoms with Crippen LogP contribution in [-0.4, -0.2) is 49.3 Å². The van der Waals surface area contributed by atoms with Gasteiger partial charge in [-0.15, -0.1) is 0 Å². The minimum absolute atomic E-state index is 0.333. The van der Waals surface area contributed by atoms with E-state index in [1.165, 1.54) is 89.9 Å². The third-order valence-electron chi connectivity index (χ3n) is 13.4. The van der Waals surface area contributed by atoms with Crippen LogP contribution >= 0.6 is 0 Å². The zero-order chi connectivity index (χ0) is 26.2. The maximum atomic E-state index is 4.25. The molecule has 0 aromatic carbocycles. The van der Waals surface area contributed by atoms with Crippen LogP contribution in [0.15, 0.2) is 12.2 Å². The Bertz CT molecular complexity index is 959. The molecule has 8 heteroatoms. The van der Waals surface area contributed by atoms with Gasteiger partial charge >= 0.3 is 0 Å². The summed E-state index contributed by atoms with van der Waals surface area (Å²) in [5.41, 5.74) is 0. The van der Waals surface area contributed by atoms with Gasteiger partial charge in [0.2, 0.25) is 0 Å². The van der Waals surface area contributed by atoms with Crippen molar-refractivity contribution in [1.82, 2.24) is 42.5 Å². The first-order valence-corrected chi connectivity index (χ1v) is 17.6. The van der Waals surface area contributed by atoms with E-state index >= 15 is 0 Å². The SMILES string of the molecule is C1=CC2C3NC(NC4NC(NC5NC(NC6NC(N3)C3CCCCC63)C3CCCCC53)C3CCCCC43)C2CC1. The molecule has 8 nitrogen and oxygen atoms in total. The van der Waals surface area contributed by atoms with Crippen molar-refractivity contribution >= 4 is 0 Å². The fraction of sp³-hybridized carbons (Fsp3) is 0.938. The zero-order valence-electron chi connectivity index (χ0n) is 24.3. The summed E-state index contributed by atoms with van der Waals surface area (Å²) in [6.07, 6.45) is 27.1. The van der Waals surface area contributed by atoms with Crippen molar-refractivity contribution in [2.45, 2.75) is 139 Å². The van der Waals surface area contributed by atoms with E-state index in [0.717, 1.165) is 35.5 Å². The van der Waals surface area contributed by atoms with Crippen LogP contribution in [0.5, 0.6) is 0 Å².